The van der Waals surface area contributed by atoms with Gasteiger partial charge in [-0.1, -0.05) is 12.1 Å². The standard InChI is InChI=1S/C15H13NO5/c16-10-3-1-9(2-4-10)7-11-5-6-14(21-11)12(17)8-13(18)15(19)20/h1-6,8,18H,7,16H2,(H,19,20)/b13-8-. The highest BCUT2D eigenvalue weighted by molar-refractivity contribution is 6.06. The van der Waals surface area contributed by atoms with Crippen LogP contribution in [0.25, 0.3) is 0 Å². The highest BCUT2D eigenvalue weighted by atomic mass is 16.4. The summed E-state index contributed by atoms with van der Waals surface area (Å²) in [5.74, 6) is -2.80. The van der Waals surface area contributed by atoms with Gasteiger partial charge in [0.25, 0.3) is 0 Å². The first-order valence-electron chi connectivity index (χ1n) is 6.07. The maximum Gasteiger partial charge on any atom is 0.371 e. The summed E-state index contributed by atoms with van der Waals surface area (Å²) >= 11 is 0. The fourth-order valence-electron chi connectivity index (χ4n) is 1.70. The Labute approximate surface area is 120 Å². The molecule has 108 valence electrons. The topological polar surface area (TPSA) is 114 Å². The van der Waals surface area contributed by atoms with Gasteiger partial charge in [-0.05, 0) is 29.8 Å². The predicted molar refractivity (Wildman–Crippen MR) is 75.0 cm³/mol. The Morgan fingerprint density at radius 1 is 1.10 bits per heavy atom. The maximum absolute atomic E-state index is 11.7. The number of rotatable bonds is 5. The third-order valence-electron chi connectivity index (χ3n) is 2.75. The van der Waals surface area contributed by atoms with Gasteiger partial charge in [0.05, 0.1) is 0 Å². The van der Waals surface area contributed by atoms with Crippen LogP contribution in [0.4, 0.5) is 5.69 Å². The molecule has 0 bridgehead atoms. The van der Waals surface area contributed by atoms with E-state index < -0.39 is 17.5 Å². The van der Waals surface area contributed by atoms with E-state index >= 15 is 0 Å². The van der Waals surface area contributed by atoms with E-state index in [0.717, 1.165) is 5.56 Å². The Hall–Kier alpha value is -3.02. The monoisotopic (exact) mass is 287 g/mol. The van der Waals surface area contributed by atoms with Crippen LogP contribution in [0.2, 0.25) is 0 Å². The van der Waals surface area contributed by atoms with Crippen LogP contribution in [0.3, 0.4) is 0 Å². The Morgan fingerprint density at radius 2 is 1.76 bits per heavy atom. The van der Waals surface area contributed by atoms with Gasteiger partial charge in [0.15, 0.2) is 5.76 Å². The summed E-state index contributed by atoms with van der Waals surface area (Å²) in [5, 5.41) is 17.5. The van der Waals surface area contributed by atoms with Crippen molar-refractivity contribution in [1.82, 2.24) is 0 Å². The molecule has 0 aliphatic carbocycles. The lowest BCUT2D eigenvalue weighted by Crippen LogP contribution is -2.03. The number of hydrogen-bond acceptors (Lipinski definition) is 5. The molecule has 0 atom stereocenters. The van der Waals surface area contributed by atoms with Crippen LogP contribution in [-0.4, -0.2) is 22.0 Å². The van der Waals surface area contributed by atoms with Crippen molar-refractivity contribution in [3.63, 3.8) is 0 Å². The van der Waals surface area contributed by atoms with Gasteiger partial charge in [-0.15, -0.1) is 0 Å². The summed E-state index contributed by atoms with van der Waals surface area (Å²) in [6.45, 7) is 0. The molecule has 0 fully saturated rings. The van der Waals surface area contributed by atoms with E-state index in [0.29, 0.717) is 23.9 Å². The SMILES string of the molecule is Nc1ccc(Cc2ccc(C(=O)/C=C(\O)C(=O)O)o2)cc1. The highest BCUT2D eigenvalue weighted by Gasteiger charge is 2.13. The van der Waals surface area contributed by atoms with Crippen LogP contribution in [-0.2, 0) is 11.2 Å². The molecule has 0 saturated heterocycles. The molecule has 0 aliphatic heterocycles. The van der Waals surface area contributed by atoms with Crippen molar-refractivity contribution in [2.75, 3.05) is 5.73 Å². The number of aliphatic carboxylic acids is 1. The molecule has 6 heteroatoms. The van der Waals surface area contributed by atoms with Gasteiger partial charge < -0.3 is 20.4 Å². The molecule has 6 nitrogen and oxygen atoms in total. The number of carboxylic acid groups (broad SMARTS) is 1. The van der Waals surface area contributed by atoms with Crippen molar-refractivity contribution in [3.8, 4) is 0 Å². The minimum absolute atomic E-state index is 0.0340. The zero-order chi connectivity index (χ0) is 15.4. The molecule has 2 rings (SSSR count). The van der Waals surface area contributed by atoms with Crippen LogP contribution in [0.15, 0.2) is 52.7 Å². The highest BCUT2D eigenvalue weighted by Crippen LogP contribution is 2.15. The molecule has 21 heavy (non-hydrogen) atoms. The lowest BCUT2D eigenvalue weighted by Gasteiger charge is -1.99. The number of furan rings is 1. The van der Waals surface area contributed by atoms with Gasteiger partial charge in [-0.2, -0.15) is 0 Å². The molecular formula is C15H13NO5. The van der Waals surface area contributed by atoms with Crippen LogP contribution in [0.1, 0.15) is 21.9 Å². The fourth-order valence-corrected chi connectivity index (χ4v) is 1.70. The first-order valence-corrected chi connectivity index (χ1v) is 6.07. The van der Waals surface area contributed by atoms with Gasteiger partial charge >= 0.3 is 5.97 Å². The summed E-state index contributed by atoms with van der Waals surface area (Å²) in [4.78, 5) is 22.1. The van der Waals surface area contributed by atoms with Crippen LogP contribution < -0.4 is 5.73 Å². The second-order valence-corrected chi connectivity index (χ2v) is 4.38. The third-order valence-corrected chi connectivity index (χ3v) is 2.75. The molecule has 0 spiro atoms. The average molecular weight is 287 g/mol. The van der Waals surface area contributed by atoms with Gasteiger partial charge in [0.2, 0.25) is 11.5 Å². The van der Waals surface area contributed by atoms with Crippen molar-refractivity contribution in [2.45, 2.75) is 6.42 Å². The number of allylic oxidation sites excluding steroid dienone is 1. The van der Waals surface area contributed by atoms with E-state index in [4.69, 9.17) is 20.4 Å². The summed E-state index contributed by atoms with van der Waals surface area (Å²) in [5.41, 5.74) is 7.20. The molecule has 1 heterocycles. The second kappa shape index (κ2) is 5.96. The summed E-state index contributed by atoms with van der Waals surface area (Å²) in [6, 6.07) is 10.3. The minimum atomic E-state index is -1.57. The molecule has 0 radical (unpaired) electrons. The summed E-state index contributed by atoms with van der Waals surface area (Å²) in [7, 11) is 0. The van der Waals surface area contributed by atoms with Crippen LogP contribution in [0, 0.1) is 0 Å². The van der Waals surface area contributed by atoms with Gasteiger partial charge in [0, 0.05) is 18.2 Å². The molecule has 0 aliphatic rings. The number of ketones is 1. The van der Waals surface area contributed by atoms with Gasteiger partial charge in [-0.3, -0.25) is 4.79 Å². The Morgan fingerprint density at radius 3 is 2.38 bits per heavy atom. The third kappa shape index (κ3) is 3.73. The molecule has 0 unspecified atom stereocenters. The maximum atomic E-state index is 11.7. The lowest BCUT2D eigenvalue weighted by atomic mass is 10.1. The number of anilines is 1. The number of carbonyl (C=O) groups is 2. The number of carbonyl (C=O) groups excluding carboxylic acids is 1. The van der Waals surface area contributed by atoms with Crippen molar-refractivity contribution in [1.29, 1.82) is 0 Å². The first kappa shape index (κ1) is 14.4. The van der Waals surface area contributed by atoms with Gasteiger partial charge in [0.1, 0.15) is 5.76 Å². The largest absolute Gasteiger partial charge is 0.502 e. The molecule has 0 amide bonds. The molecule has 1 aromatic heterocycles. The van der Waals surface area contributed by atoms with E-state index in [2.05, 4.69) is 0 Å². The van der Waals surface area contributed by atoms with Crippen LogP contribution in [0.5, 0.6) is 0 Å². The second-order valence-electron chi connectivity index (χ2n) is 4.38. The van der Waals surface area contributed by atoms with Crippen molar-refractivity contribution >= 4 is 17.4 Å². The Balaban J connectivity index is 2.11. The number of nitrogens with two attached hydrogens (primary N) is 1. The zero-order valence-electron chi connectivity index (χ0n) is 10.9. The molecule has 1 aromatic carbocycles. The first-order chi connectivity index (χ1) is 9.95. The number of carboxylic acids is 1. The van der Waals surface area contributed by atoms with E-state index in [1.807, 2.05) is 12.1 Å². The van der Waals surface area contributed by atoms with Crippen molar-refractivity contribution < 1.29 is 24.2 Å². The number of aliphatic hydroxyl groups excluding tert-OH is 1. The van der Waals surface area contributed by atoms with E-state index in [1.54, 1.807) is 18.2 Å². The fraction of sp³-hybridized carbons (Fsp3) is 0.0667. The molecule has 2 aromatic rings. The van der Waals surface area contributed by atoms with E-state index in [1.165, 1.54) is 6.07 Å². The van der Waals surface area contributed by atoms with Crippen molar-refractivity contribution in [2.24, 2.45) is 0 Å². The molecule has 0 saturated carbocycles. The smallest absolute Gasteiger partial charge is 0.371 e. The van der Waals surface area contributed by atoms with Crippen molar-refractivity contribution in [3.05, 3.63) is 65.3 Å². The van der Waals surface area contributed by atoms with E-state index in [9.17, 15) is 9.59 Å². The average Bonchev–Trinajstić information content (AvgIpc) is 2.90. The van der Waals surface area contributed by atoms with Crippen LogP contribution >= 0.6 is 0 Å². The quantitative estimate of drug-likeness (QED) is 0.336. The molecule has 4 N–H and O–H groups in total. The normalized spacial score (nSPS) is 11.3. The summed E-state index contributed by atoms with van der Waals surface area (Å²) < 4.78 is 5.33. The zero-order valence-corrected chi connectivity index (χ0v) is 10.9. The lowest BCUT2D eigenvalue weighted by molar-refractivity contribution is -0.135. The Kier molecular flexibility index (Phi) is 4.08. The summed E-state index contributed by atoms with van der Waals surface area (Å²) in [6.07, 6.45) is 1.08. The minimum Gasteiger partial charge on any atom is -0.502 e. The van der Waals surface area contributed by atoms with E-state index in [-0.39, 0.29) is 5.76 Å². The predicted octanol–water partition coefficient (Wildman–Crippen LogP) is 2.16. The number of hydrogen-bond donors (Lipinski definition) is 3. The number of benzene rings is 1. The molecular weight excluding hydrogens is 274 g/mol. The van der Waals surface area contributed by atoms with Gasteiger partial charge in [-0.25, -0.2) is 4.79 Å². The number of nitrogen functional groups attached to an aromatic ring is 1. The number of aliphatic hydroxyl groups is 1. The Bertz CT molecular complexity index is 697.